The third kappa shape index (κ3) is 2.71. The van der Waals surface area contributed by atoms with Gasteiger partial charge in [-0.15, -0.1) is 5.10 Å². The lowest BCUT2D eigenvalue weighted by Crippen LogP contribution is -2.36. The summed E-state index contributed by atoms with van der Waals surface area (Å²) in [7, 11) is 1.64. The summed E-state index contributed by atoms with van der Waals surface area (Å²) in [6, 6.07) is 8.20. The van der Waals surface area contributed by atoms with Crippen molar-refractivity contribution in [1.29, 1.82) is 0 Å². The van der Waals surface area contributed by atoms with Gasteiger partial charge < -0.3 is 9.64 Å². The van der Waals surface area contributed by atoms with E-state index in [1.165, 1.54) is 5.56 Å². The van der Waals surface area contributed by atoms with Crippen molar-refractivity contribution in [3.8, 4) is 0 Å². The van der Waals surface area contributed by atoms with E-state index in [0.29, 0.717) is 25.4 Å². The summed E-state index contributed by atoms with van der Waals surface area (Å²) < 4.78 is 6.68. The highest BCUT2D eigenvalue weighted by Crippen LogP contribution is 2.45. The summed E-state index contributed by atoms with van der Waals surface area (Å²) in [5, 5.41) is 8.07. The summed E-state index contributed by atoms with van der Waals surface area (Å²) in [6.07, 6.45) is 3.71. The van der Waals surface area contributed by atoms with Crippen LogP contribution in [-0.2, 0) is 16.7 Å². The van der Waals surface area contributed by atoms with Crippen LogP contribution >= 0.6 is 0 Å². The zero-order valence-corrected chi connectivity index (χ0v) is 14.5. The minimum absolute atomic E-state index is 0.0261. The molecule has 1 amide bonds. The molecule has 0 saturated heterocycles. The van der Waals surface area contributed by atoms with E-state index in [-0.39, 0.29) is 11.3 Å². The molecule has 6 heteroatoms. The van der Waals surface area contributed by atoms with E-state index in [1.54, 1.807) is 18.0 Å². The lowest BCUT2D eigenvalue weighted by Gasteiger charge is -2.27. The normalized spacial score (nSPS) is 15.5. The van der Waals surface area contributed by atoms with Gasteiger partial charge in [-0.05, 0) is 24.5 Å². The second kappa shape index (κ2) is 6.73. The van der Waals surface area contributed by atoms with Crippen LogP contribution in [0.1, 0.15) is 42.7 Å². The number of hydrogen-bond donors (Lipinski definition) is 0. The number of anilines is 1. The van der Waals surface area contributed by atoms with Crippen LogP contribution in [0.5, 0.6) is 0 Å². The first-order valence-corrected chi connectivity index (χ1v) is 8.45. The predicted molar refractivity (Wildman–Crippen MR) is 92.3 cm³/mol. The first kappa shape index (κ1) is 16.6. The Morgan fingerprint density at radius 2 is 2.04 bits per heavy atom. The molecule has 0 aliphatic carbocycles. The van der Waals surface area contributed by atoms with Crippen LogP contribution in [0.15, 0.2) is 30.5 Å². The number of para-hydroxylation sites is 1. The molecule has 0 radical (unpaired) electrons. The average Bonchev–Trinajstić information content (AvgIpc) is 3.23. The Bertz CT molecular complexity index is 721. The number of hydrogen-bond acceptors (Lipinski definition) is 4. The molecule has 2 heterocycles. The lowest BCUT2D eigenvalue weighted by atomic mass is 9.78. The molecule has 0 spiro atoms. The largest absolute Gasteiger partial charge is 0.383 e. The smallest absolute Gasteiger partial charge is 0.280 e. The van der Waals surface area contributed by atoms with E-state index < -0.39 is 0 Å². The van der Waals surface area contributed by atoms with Crippen molar-refractivity contribution in [3.05, 3.63) is 41.7 Å². The Kier molecular flexibility index (Phi) is 4.66. The number of carbonyl (C=O) groups is 1. The molecule has 1 aliphatic rings. The molecule has 0 fully saturated rings. The number of aromatic nitrogens is 3. The van der Waals surface area contributed by atoms with Crippen LogP contribution in [0.25, 0.3) is 0 Å². The van der Waals surface area contributed by atoms with Gasteiger partial charge >= 0.3 is 0 Å². The fourth-order valence-corrected chi connectivity index (χ4v) is 3.49. The van der Waals surface area contributed by atoms with Gasteiger partial charge in [-0.2, -0.15) is 0 Å². The molecule has 1 aliphatic heterocycles. The second-order valence-corrected chi connectivity index (χ2v) is 6.26. The number of amides is 1. The quantitative estimate of drug-likeness (QED) is 0.818. The Labute approximate surface area is 142 Å². The molecule has 0 unspecified atom stereocenters. The van der Waals surface area contributed by atoms with Gasteiger partial charge in [-0.25, -0.2) is 4.68 Å². The van der Waals surface area contributed by atoms with E-state index in [2.05, 4.69) is 30.2 Å². The van der Waals surface area contributed by atoms with Gasteiger partial charge in [0.15, 0.2) is 5.69 Å². The third-order valence-electron chi connectivity index (χ3n) is 5.11. The van der Waals surface area contributed by atoms with Crippen LogP contribution in [0.4, 0.5) is 5.69 Å². The lowest BCUT2D eigenvalue weighted by molar-refractivity contribution is 0.0979. The topological polar surface area (TPSA) is 60.2 Å². The molecule has 1 aromatic heterocycles. The van der Waals surface area contributed by atoms with Crippen molar-refractivity contribution in [2.24, 2.45) is 0 Å². The number of rotatable bonds is 6. The SMILES string of the molecule is CCC1(CC)CN(C(=O)c2cn(CCOC)nn2)c2ccccc21. The Hall–Kier alpha value is -2.21. The minimum Gasteiger partial charge on any atom is -0.383 e. The van der Waals surface area contributed by atoms with Gasteiger partial charge in [0, 0.05) is 24.8 Å². The van der Waals surface area contributed by atoms with Gasteiger partial charge in [-0.1, -0.05) is 37.3 Å². The minimum atomic E-state index is -0.0881. The molecule has 1 aromatic carbocycles. The van der Waals surface area contributed by atoms with E-state index in [1.807, 2.05) is 23.1 Å². The first-order chi connectivity index (χ1) is 11.6. The molecular weight excluding hydrogens is 304 g/mol. The van der Waals surface area contributed by atoms with Crippen molar-refractivity contribution in [2.45, 2.75) is 38.6 Å². The van der Waals surface area contributed by atoms with E-state index in [9.17, 15) is 4.79 Å². The second-order valence-electron chi connectivity index (χ2n) is 6.26. The molecule has 2 aromatic rings. The number of ether oxygens (including phenoxy) is 1. The molecule has 0 bridgehead atoms. The molecule has 3 rings (SSSR count). The van der Waals surface area contributed by atoms with Crippen LogP contribution in [0, 0.1) is 0 Å². The van der Waals surface area contributed by atoms with Crippen molar-refractivity contribution >= 4 is 11.6 Å². The highest BCUT2D eigenvalue weighted by Gasteiger charge is 2.42. The van der Waals surface area contributed by atoms with Crippen molar-refractivity contribution in [3.63, 3.8) is 0 Å². The highest BCUT2D eigenvalue weighted by atomic mass is 16.5. The van der Waals surface area contributed by atoms with Crippen LogP contribution in [-0.4, -0.2) is 41.2 Å². The van der Waals surface area contributed by atoms with Gasteiger partial charge in [0.05, 0.1) is 19.3 Å². The fraction of sp³-hybridized carbons (Fsp3) is 0.500. The number of nitrogens with zero attached hydrogens (tertiary/aromatic N) is 4. The van der Waals surface area contributed by atoms with Crippen molar-refractivity contribution in [1.82, 2.24) is 15.0 Å². The maximum absolute atomic E-state index is 13.0. The zero-order valence-electron chi connectivity index (χ0n) is 14.5. The van der Waals surface area contributed by atoms with E-state index >= 15 is 0 Å². The van der Waals surface area contributed by atoms with Crippen molar-refractivity contribution < 1.29 is 9.53 Å². The summed E-state index contributed by atoms with van der Waals surface area (Å²) in [6.45, 7) is 6.20. The molecule has 128 valence electrons. The summed E-state index contributed by atoms with van der Waals surface area (Å²) >= 11 is 0. The third-order valence-corrected chi connectivity index (χ3v) is 5.11. The first-order valence-electron chi connectivity index (χ1n) is 8.45. The molecule has 0 saturated carbocycles. The Balaban J connectivity index is 1.90. The molecule has 0 atom stereocenters. The summed E-state index contributed by atoms with van der Waals surface area (Å²) in [5.74, 6) is -0.0881. The van der Waals surface area contributed by atoms with Crippen molar-refractivity contribution in [2.75, 3.05) is 25.2 Å². The number of fused-ring (bicyclic) bond motifs is 1. The highest BCUT2D eigenvalue weighted by molar-refractivity contribution is 6.06. The molecular formula is C18H24N4O2. The zero-order chi connectivity index (χ0) is 17.2. The number of carbonyl (C=O) groups excluding carboxylic acids is 1. The Morgan fingerprint density at radius 3 is 2.75 bits per heavy atom. The maximum Gasteiger partial charge on any atom is 0.280 e. The monoisotopic (exact) mass is 328 g/mol. The molecule has 6 nitrogen and oxygen atoms in total. The van der Waals surface area contributed by atoms with Crippen LogP contribution in [0.3, 0.4) is 0 Å². The fourth-order valence-electron chi connectivity index (χ4n) is 3.49. The average molecular weight is 328 g/mol. The van der Waals surface area contributed by atoms with E-state index in [4.69, 9.17) is 4.74 Å². The number of benzene rings is 1. The predicted octanol–water partition coefficient (Wildman–Crippen LogP) is 2.64. The maximum atomic E-state index is 13.0. The van der Waals surface area contributed by atoms with Gasteiger partial charge in [-0.3, -0.25) is 4.79 Å². The van der Waals surface area contributed by atoms with Crippen LogP contribution < -0.4 is 4.90 Å². The summed E-state index contributed by atoms with van der Waals surface area (Å²) in [4.78, 5) is 14.8. The van der Waals surface area contributed by atoms with Gasteiger partial charge in [0.25, 0.3) is 5.91 Å². The van der Waals surface area contributed by atoms with E-state index in [0.717, 1.165) is 18.5 Å². The van der Waals surface area contributed by atoms with Gasteiger partial charge in [0.2, 0.25) is 0 Å². The number of methoxy groups -OCH3 is 1. The Morgan fingerprint density at radius 1 is 1.29 bits per heavy atom. The van der Waals surface area contributed by atoms with Gasteiger partial charge in [0.1, 0.15) is 0 Å². The standard InChI is InChI=1S/C18H24N4O2/c1-4-18(5-2)13-22(16-9-7-6-8-14(16)18)17(23)15-12-21(20-19-15)10-11-24-3/h6-9,12H,4-5,10-11,13H2,1-3H3. The molecule has 0 N–H and O–H groups in total. The van der Waals surface area contributed by atoms with Crippen LogP contribution in [0.2, 0.25) is 0 Å². The molecule has 24 heavy (non-hydrogen) atoms. The summed E-state index contributed by atoms with van der Waals surface area (Å²) in [5.41, 5.74) is 2.66.